The molecule has 0 radical (unpaired) electrons. The first-order valence-corrected chi connectivity index (χ1v) is 9.62. The first-order valence-electron chi connectivity index (χ1n) is 8.86. The van der Waals surface area contributed by atoms with E-state index in [4.69, 9.17) is 28.9 Å². The van der Waals surface area contributed by atoms with Gasteiger partial charge in [-0.3, -0.25) is 9.89 Å². The molecule has 4 aromatic rings. The van der Waals surface area contributed by atoms with Crippen molar-refractivity contribution >= 4 is 45.9 Å². The molecule has 9 nitrogen and oxygen atoms in total. The van der Waals surface area contributed by atoms with Crippen LogP contribution in [0, 0.1) is 0 Å². The summed E-state index contributed by atoms with van der Waals surface area (Å²) < 4.78 is 27.7. The number of alkyl halides is 2. The molecule has 160 valence electrons. The molecule has 0 aliphatic heterocycles. The lowest BCUT2D eigenvalue weighted by molar-refractivity contribution is 0.146. The molecule has 0 fully saturated rings. The number of nitrogens with one attached hydrogen (secondary N) is 2. The van der Waals surface area contributed by atoms with Gasteiger partial charge < -0.3 is 11.1 Å². The maximum Gasteiger partial charge on any atom is 0.282 e. The van der Waals surface area contributed by atoms with Gasteiger partial charge in [0.25, 0.3) is 12.0 Å². The van der Waals surface area contributed by atoms with E-state index in [0.29, 0.717) is 11.3 Å². The molecule has 3 heterocycles. The van der Waals surface area contributed by atoms with E-state index in [9.17, 15) is 13.6 Å². The van der Waals surface area contributed by atoms with E-state index in [-0.39, 0.29) is 33.0 Å². The first-order chi connectivity index (χ1) is 14.8. The molecule has 13 heteroatoms. The number of halogens is 4. The van der Waals surface area contributed by atoms with Crippen LogP contribution in [0.4, 0.5) is 20.5 Å². The number of nitrogens with two attached hydrogens (primary N) is 1. The Bertz CT molecular complexity index is 1330. The second-order valence-corrected chi connectivity index (χ2v) is 7.27. The van der Waals surface area contributed by atoms with Gasteiger partial charge >= 0.3 is 0 Å². The monoisotopic (exact) mass is 466 g/mol. The summed E-state index contributed by atoms with van der Waals surface area (Å²) in [6.45, 7) is 1.65. The number of aromatic nitrogens is 6. The number of H-pyrrole nitrogens is 1. The number of anilines is 2. The van der Waals surface area contributed by atoms with Crippen LogP contribution in [-0.2, 0) is 0 Å². The lowest BCUT2D eigenvalue weighted by Gasteiger charge is -2.20. The number of nitrogen functional groups attached to an aromatic ring is 1. The summed E-state index contributed by atoms with van der Waals surface area (Å²) in [4.78, 5) is 25.2. The third kappa shape index (κ3) is 3.77. The Morgan fingerprint density at radius 3 is 2.65 bits per heavy atom. The van der Waals surface area contributed by atoms with Gasteiger partial charge in [0.15, 0.2) is 5.82 Å². The molecular formula is C18H14Cl2F2N8O. The SMILES string of the molecule is CC(Nc1nc(N)nc(C(F)F)c1Cl)c1nc2cccc(Cl)c2c(=O)n1-c1ccn[nH]1. The summed E-state index contributed by atoms with van der Waals surface area (Å²) in [6.07, 6.45) is -1.48. The van der Waals surface area contributed by atoms with Crippen molar-refractivity contribution in [2.45, 2.75) is 19.4 Å². The van der Waals surface area contributed by atoms with Gasteiger partial charge in [0.2, 0.25) is 5.95 Å². The van der Waals surface area contributed by atoms with E-state index in [1.54, 1.807) is 31.2 Å². The van der Waals surface area contributed by atoms with E-state index in [2.05, 4.69) is 30.5 Å². The molecule has 1 aromatic carbocycles. The highest BCUT2D eigenvalue weighted by atomic mass is 35.5. The van der Waals surface area contributed by atoms with Gasteiger partial charge in [-0.25, -0.2) is 23.3 Å². The predicted octanol–water partition coefficient (Wildman–Crippen LogP) is 3.90. The highest BCUT2D eigenvalue weighted by Gasteiger charge is 2.24. The molecule has 1 unspecified atom stereocenters. The minimum absolute atomic E-state index is 0.117. The predicted molar refractivity (Wildman–Crippen MR) is 113 cm³/mol. The molecule has 4 N–H and O–H groups in total. The Kier molecular flexibility index (Phi) is 5.46. The average molecular weight is 467 g/mol. The molecule has 0 spiro atoms. The zero-order chi connectivity index (χ0) is 22.3. The standard InChI is InChI=1S/C18H14Cl2F2N8O/c1-7(25-15-12(20)13(14(21)22)27-18(23)28-15)16-26-9-4-2-3-8(19)11(9)17(31)30(16)10-5-6-24-29-10/h2-7,14H,1H3,(H,24,29)(H3,23,25,27,28). The third-order valence-electron chi connectivity index (χ3n) is 4.44. The Labute approximate surface area is 183 Å². The quantitative estimate of drug-likeness (QED) is 0.406. The van der Waals surface area contributed by atoms with Crippen molar-refractivity contribution in [3.8, 4) is 5.82 Å². The minimum Gasteiger partial charge on any atom is -0.368 e. The number of hydrogen-bond donors (Lipinski definition) is 3. The van der Waals surface area contributed by atoms with Gasteiger partial charge in [0.1, 0.15) is 22.4 Å². The van der Waals surface area contributed by atoms with E-state index in [1.807, 2.05) is 0 Å². The maximum absolute atomic E-state index is 13.3. The van der Waals surface area contributed by atoms with Gasteiger partial charge in [-0.2, -0.15) is 10.1 Å². The fraction of sp³-hybridized carbons (Fsp3) is 0.167. The Morgan fingerprint density at radius 1 is 1.19 bits per heavy atom. The molecular weight excluding hydrogens is 453 g/mol. The number of aromatic amines is 1. The zero-order valence-electron chi connectivity index (χ0n) is 15.8. The maximum atomic E-state index is 13.3. The molecule has 0 saturated carbocycles. The molecule has 1 atom stereocenters. The van der Waals surface area contributed by atoms with Gasteiger partial charge in [0.05, 0.1) is 28.2 Å². The second-order valence-electron chi connectivity index (χ2n) is 6.48. The normalized spacial score (nSPS) is 12.5. The molecule has 4 rings (SSSR count). The smallest absolute Gasteiger partial charge is 0.282 e. The topological polar surface area (TPSA) is 127 Å². The van der Waals surface area contributed by atoms with Crippen molar-refractivity contribution in [3.05, 3.63) is 62.4 Å². The van der Waals surface area contributed by atoms with E-state index >= 15 is 0 Å². The molecule has 0 amide bonds. The van der Waals surface area contributed by atoms with Crippen molar-refractivity contribution in [2.75, 3.05) is 11.1 Å². The van der Waals surface area contributed by atoms with Gasteiger partial charge in [-0.1, -0.05) is 29.3 Å². The van der Waals surface area contributed by atoms with Crippen LogP contribution in [0.3, 0.4) is 0 Å². The van der Waals surface area contributed by atoms with Crippen LogP contribution in [0.1, 0.15) is 30.9 Å². The molecule has 31 heavy (non-hydrogen) atoms. The fourth-order valence-electron chi connectivity index (χ4n) is 3.10. The van der Waals surface area contributed by atoms with Crippen LogP contribution in [0.25, 0.3) is 16.7 Å². The summed E-state index contributed by atoms with van der Waals surface area (Å²) in [5.74, 6) is 0.0765. The lowest BCUT2D eigenvalue weighted by atomic mass is 10.2. The lowest BCUT2D eigenvalue weighted by Crippen LogP contribution is -2.28. The number of benzene rings is 1. The van der Waals surface area contributed by atoms with Gasteiger partial charge in [0, 0.05) is 6.07 Å². The highest BCUT2D eigenvalue weighted by molar-refractivity contribution is 6.35. The molecule has 3 aromatic heterocycles. The Morgan fingerprint density at radius 2 is 1.97 bits per heavy atom. The largest absolute Gasteiger partial charge is 0.368 e. The molecule has 0 aliphatic rings. The number of fused-ring (bicyclic) bond motifs is 1. The first kappa shape index (κ1) is 20.9. The minimum atomic E-state index is -2.95. The van der Waals surface area contributed by atoms with Crippen LogP contribution in [0.15, 0.2) is 35.3 Å². The van der Waals surface area contributed by atoms with Crippen molar-refractivity contribution in [1.29, 1.82) is 0 Å². The van der Waals surface area contributed by atoms with Gasteiger partial charge in [-0.15, -0.1) is 0 Å². The zero-order valence-corrected chi connectivity index (χ0v) is 17.3. The van der Waals surface area contributed by atoms with Crippen molar-refractivity contribution in [1.82, 2.24) is 29.7 Å². The summed E-state index contributed by atoms with van der Waals surface area (Å²) in [6, 6.07) is 5.74. The average Bonchev–Trinajstić information content (AvgIpc) is 3.24. The van der Waals surface area contributed by atoms with Gasteiger partial charge in [-0.05, 0) is 19.1 Å². The van der Waals surface area contributed by atoms with Crippen LogP contribution < -0.4 is 16.6 Å². The molecule has 0 aliphatic carbocycles. The van der Waals surface area contributed by atoms with Crippen molar-refractivity contribution < 1.29 is 8.78 Å². The van der Waals surface area contributed by atoms with Crippen LogP contribution in [0.5, 0.6) is 0 Å². The highest BCUT2D eigenvalue weighted by Crippen LogP contribution is 2.33. The summed E-state index contributed by atoms with van der Waals surface area (Å²) in [7, 11) is 0. The van der Waals surface area contributed by atoms with Crippen molar-refractivity contribution in [3.63, 3.8) is 0 Å². The molecule has 0 bridgehead atoms. The third-order valence-corrected chi connectivity index (χ3v) is 5.13. The van der Waals surface area contributed by atoms with Crippen LogP contribution >= 0.6 is 23.2 Å². The summed E-state index contributed by atoms with van der Waals surface area (Å²) >= 11 is 12.3. The van der Waals surface area contributed by atoms with Crippen LogP contribution in [-0.4, -0.2) is 29.7 Å². The van der Waals surface area contributed by atoms with E-state index in [1.165, 1.54) is 10.8 Å². The molecule has 0 saturated heterocycles. The Balaban J connectivity index is 1.89. The number of nitrogens with zero attached hydrogens (tertiary/aromatic N) is 5. The second kappa shape index (κ2) is 8.08. The summed E-state index contributed by atoms with van der Waals surface area (Å²) in [5, 5.41) is 9.56. The fourth-order valence-corrected chi connectivity index (χ4v) is 3.57. The summed E-state index contributed by atoms with van der Waals surface area (Å²) in [5.41, 5.74) is 4.77. The van der Waals surface area contributed by atoms with Crippen molar-refractivity contribution in [2.24, 2.45) is 0 Å². The van der Waals surface area contributed by atoms with Crippen LogP contribution in [0.2, 0.25) is 10.0 Å². The van der Waals surface area contributed by atoms with E-state index in [0.717, 1.165) is 0 Å². The number of rotatable bonds is 5. The number of hydrogen-bond acceptors (Lipinski definition) is 7. The Hall–Kier alpha value is -3.31. The van der Waals surface area contributed by atoms with E-state index < -0.39 is 23.7 Å².